The second kappa shape index (κ2) is 6.94. The van der Waals surface area contributed by atoms with Crippen LogP contribution in [0, 0.1) is 5.41 Å². The van der Waals surface area contributed by atoms with Gasteiger partial charge in [-0.05, 0) is 49.2 Å². The van der Waals surface area contributed by atoms with Crippen LogP contribution in [0.1, 0.15) is 18.4 Å². The van der Waals surface area contributed by atoms with E-state index in [1.165, 1.54) is 7.11 Å². The van der Waals surface area contributed by atoms with Gasteiger partial charge in [0.2, 0.25) is 11.8 Å². The first kappa shape index (κ1) is 18.8. The molecule has 142 valence electrons. The van der Waals surface area contributed by atoms with E-state index in [2.05, 4.69) is 10.6 Å². The Morgan fingerprint density at radius 2 is 1.56 bits per heavy atom. The van der Waals surface area contributed by atoms with Gasteiger partial charge in [-0.1, -0.05) is 6.07 Å². The molecule has 1 aliphatic carbocycles. The second-order valence-electron chi connectivity index (χ2n) is 6.30. The normalized spacial score (nSPS) is 15.0. The van der Waals surface area contributed by atoms with E-state index in [9.17, 15) is 22.8 Å². The first-order valence-corrected chi connectivity index (χ1v) is 8.19. The van der Waals surface area contributed by atoms with Crippen LogP contribution >= 0.6 is 0 Å². The second-order valence-corrected chi connectivity index (χ2v) is 6.30. The van der Waals surface area contributed by atoms with Gasteiger partial charge in [0.15, 0.2) is 0 Å². The van der Waals surface area contributed by atoms with Gasteiger partial charge in [-0.2, -0.15) is 13.2 Å². The molecule has 0 unspecified atom stereocenters. The molecule has 2 aromatic carbocycles. The van der Waals surface area contributed by atoms with Crippen molar-refractivity contribution in [1.82, 2.24) is 0 Å². The third-order valence-electron chi connectivity index (χ3n) is 4.42. The minimum atomic E-state index is -4.45. The van der Waals surface area contributed by atoms with Crippen molar-refractivity contribution in [2.24, 2.45) is 5.41 Å². The number of ether oxygens (including phenoxy) is 1. The molecule has 5 nitrogen and oxygen atoms in total. The van der Waals surface area contributed by atoms with Crippen LogP contribution in [-0.2, 0) is 15.8 Å². The summed E-state index contributed by atoms with van der Waals surface area (Å²) in [7, 11) is 1.50. The van der Waals surface area contributed by atoms with Crippen LogP contribution < -0.4 is 15.4 Å². The molecule has 0 aromatic heterocycles. The van der Waals surface area contributed by atoms with Gasteiger partial charge < -0.3 is 15.4 Å². The minimum absolute atomic E-state index is 0.202. The van der Waals surface area contributed by atoms with Gasteiger partial charge in [0.05, 0.1) is 12.7 Å². The van der Waals surface area contributed by atoms with Crippen molar-refractivity contribution in [3.63, 3.8) is 0 Å². The first-order valence-electron chi connectivity index (χ1n) is 8.19. The van der Waals surface area contributed by atoms with E-state index in [4.69, 9.17) is 4.74 Å². The van der Waals surface area contributed by atoms with Crippen LogP contribution in [0.4, 0.5) is 24.5 Å². The van der Waals surface area contributed by atoms with Crippen molar-refractivity contribution in [3.05, 3.63) is 54.1 Å². The molecule has 2 amide bonds. The highest BCUT2D eigenvalue weighted by atomic mass is 19.4. The standard InChI is InChI=1S/C19H17F3N2O3/c1-27-15-4-2-3-14(11-15)24-17(26)18(9-10-18)16(25)23-13-7-5-12(6-8-13)19(20,21)22/h2-8,11H,9-10H2,1H3,(H,23,25)(H,24,26). The summed E-state index contributed by atoms with van der Waals surface area (Å²) in [5, 5.41) is 5.21. The maximum atomic E-state index is 12.6. The maximum absolute atomic E-state index is 12.6. The lowest BCUT2D eigenvalue weighted by Gasteiger charge is -2.16. The van der Waals surface area contributed by atoms with Crippen LogP contribution in [0.25, 0.3) is 0 Å². The molecule has 8 heteroatoms. The molecule has 0 bridgehead atoms. The summed E-state index contributed by atoms with van der Waals surface area (Å²) in [5.41, 5.74) is -1.33. The van der Waals surface area contributed by atoms with Gasteiger partial charge in [0, 0.05) is 17.4 Å². The van der Waals surface area contributed by atoms with Crippen molar-refractivity contribution in [2.45, 2.75) is 19.0 Å². The lowest BCUT2D eigenvalue weighted by molar-refractivity contribution is -0.137. The van der Waals surface area contributed by atoms with Gasteiger partial charge in [-0.3, -0.25) is 9.59 Å². The molecule has 0 radical (unpaired) electrons. The van der Waals surface area contributed by atoms with E-state index >= 15 is 0 Å². The number of methoxy groups -OCH3 is 1. The SMILES string of the molecule is COc1cccc(NC(=O)C2(C(=O)Nc3ccc(C(F)(F)F)cc3)CC2)c1. The predicted molar refractivity (Wildman–Crippen MR) is 93.4 cm³/mol. The van der Waals surface area contributed by atoms with Crippen molar-refractivity contribution < 1.29 is 27.5 Å². The Kier molecular flexibility index (Phi) is 4.82. The van der Waals surface area contributed by atoms with Crippen molar-refractivity contribution in [1.29, 1.82) is 0 Å². The molecule has 0 heterocycles. The minimum Gasteiger partial charge on any atom is -0.497 e. The average Bonchev–Trinajstić information content (AvgIpc) is 3.43. The summed E-state index contributed by atoms with van der Waals surface area (Å²) in [6.07, 6.45) is -3.71. The van der Waals surface area contributed by atoms with E-state index in [1.807, 2.05) is 0 Å². The van der Waals surface area contributed by atoms with E-state index in [0.29, 0.717) is 24.3 Å². The summed E-state index contributed by atoms with van der Waals surface area (Å²) < 4.78 is 42.9. The van der Waals surface area contributed by atoms with Crippen LogP contribution in [0.15, 0.2) is 48.5 Å². The van der Waals surface area contributed by atoms with Gasteiger partial charge in [-0.15, -0.1) is 0 Å². The average molecular weight is 378 g/mol. The first-order chi connectivity index (χ1) is 12.7. The molecule has 1 aliphatic rings. The van der Waals surface area contributed by atoms with Crippen molar-refractivity contribution in [2.75, 3.05) is 17.7 Å². The van der Waals surface area contributed by atoms with Gasteiger partial charge in [0.25, 0.3) is 0 Å². The number of halogens is 3. The number of hydrogen-bond donors (Lipinski definition) is 2. The Balaban J connectivity index is 1.67. The Bertz CT molecular complexity index is 859. The summed E-state index contributed by atoms with van der Waals surface area (Å²) in [6.45, 7) is 0. The zero-order valence-corrected chi connectivity index (χ0v) is 14.4. The molecule has 0 aliphatic heterocycles. The van der Waals surface area contributed by atoms with E-state index in [0.717, 1.165) is 24.3 Å². The van der Waals surface area contributed by atoms with Crippen LogP contribution in [0.2, 0.25) is 0 Å². The number of alkyl halides is 3. The molecule has 27 heavy (non-hydrogen) atoms. The van der Waals surface area contributed by atoms with E-state index in [-0.39, 0.29) is 5.69 Å². The number of amides is 2. The molecule has 3 rings (SSSR count). The molecule has 1 saturated carbocycles. The fourth-order valence-corrected chi connectivity index (χ4v) is 2.63. The Hall–Kier alpha value is -3.03. The highest BCUT2D eigenvalue weighted by molar-refractivity contribution is 6.16. The highest BCUT2D eigenvalue weighted by Gasteiger charge is 2.56. The predicted octanol–water partition coefficient (Wildman–Crippen LogP) is 4.07. The third-order valence-corrected chi connectivity index (χ3v) is 4.42. The summed E-state index contributed by atoms with van der Waals surface area (Å²) in [5.74, 6) is -0.435. The number of hydrogen-bond acceptors (Lipinski definition) is 3. The lowest BCUT2D eigenvalue weighted by Crippen LogP contribution is -2.35. The summed E-state index contributed by atoms with van der Waals surface area (Å²) in [6, 6.07) is 10.8. The zero-order valence-electron chi connectivity index (χ0n) is 14.4. The highest BCUT2D eigenvalue weighted by Crippen LogP contribution is 2.47. The quantitative estimate of drug-likeness (QED) is 0.771. The van der Waals surface area contributed by atoms with Gasteiger partial charge in [-0.25, -0.2) is 0 Å². The Morgan fingerprint density at radius 1 is 0.963 bits per heavy atom. The third kappa shape index (κ3) is 4.05. The lowest BCUT2D eigenvalue weighted by atomic mass is 10.0. The Labute approximate surface area is 153 Å². The fourth-order valence-electron chi connectivity index (χ4n) is 2.63. The zero-order chi connectivity index (χ0) is 19.7. The largest absolute Gasteiger partial charge is 0.497 e. The Morgan fingerprint density at radius 3 is 2.07 bits per heavy atom. The molecule has 1 fully saturated rings. The molecule has 0 atom stereocenters. The van der Waals surface area contributed by atoms with Gasteiger partial charge >= 0.3 is 6.18 Å². The van der Waals surface area contributed by atoms with E-state index < -0.39 is 29.0 Å². The monoisotopic (exact) mass is 378 g/mol. The molecule has 2 N–H and O–H groups in total. The van der Waals surface area contributed by atoms with E-state index in [1.54, 1.807) is 24.3 Å². The maximum Gasteiger partial charge on any atom is 0.416 e. The fraction of sp³-hybridized carbons (Fsp3) is 0.263. The smallest absolute Gasteiger partial charge is 0.416 e. The van der Waals surface area contributed by atoms with Crippen molar-refractivity contribution in [3.8, 4) is 5.75 Å². The molecular weight excluding hydrogens is 361 g/mol. The van der Waals surface area contributed by atoms with Crippen LogP contribution in [0.5, 0.6) is 5.75 Å². The van der Waals surface area contributed by atoms with Gasteiger partial charge in [0.1, 0.15) is 11.2 Å². The topological polar surface area (TPSA) is 67.4 Å². The molecule has 0 saturated heterocycles. The summed E-state index contributed by atoms with van der Waals surface area (Å²) >= 11 is 0. The van der Waals surface area contributed by atoms with Crippen molar-refractivity contribution >= 4 is 23.2 Å². The molecular formula is C19H17F3N2O3. The number of carbonyl (C=O) groups is 2. The number of carbonyl (C=O) groups excluding carboxylic acids is 2. The number of rotatable bonds is 5. The van der Waals surface area contributed by atoms with Crippen LogP contribution in [-0.4, -0.2) is 18.9 Å². The summed E-state index contributed by atoms with van der Waals surface area (Å²) in [4.78, 5) is 25.1. The van der Waals surface area contributed by atoms with Crippen LogP contribution in [0.3, 0.4) is 0 Å². The number of nitrogens with one attached hydrogen (secondary N) is 2. The number of benzene rings is 2. The molecule has 2 aromatic rings. The molecule has 0 spiro atoms. The number of anilines is 2.